The van der Waals surface area contributed by atoms with Crippen LogP contribution in [0.25, 0.3) is 0 Å². The lowest BCUT2D eigenvalue weighted by Gasteiger charge is -2.09. The van der Waals surface area contributed by atoms with E-state index in [-0.39, 0.29) is 12.5 Å². The molecule has 0 heterocycles. The van der Waals surface area contributed by atoms with E-state index in [0.29, 0.717) is 17.6 Å². The molecule has 0 spiro atoms. The van der Waals surface area contributed by atoms with Crippen molar-refractivity contribution < 1.29 is 14.3 Å². The summed E-state index contributed by atoms with van der Waals surface area (Å²) in [6.45, 7) is 1.81. The van der Waals surface area contributed by atoms with Gasteiger partial charge in [-0.3, -0.25) is 9.59 Å². The van der Waals surface area contributed by atoms with Crippen LogP contribution >= 0.6 is 0 Å². The van der Waals surface area contributed by atoms with Crippen LogP contribution in [0.3, 0.4) is 0 Å². The first-order chi connectivity index (χ1) is 9.69. The Hall–Kier alpha value is -2.62. The molecule has 4 nitrogen and oxygen atoms in total. The number of ether oxygens (including phenoxy) is 1. The monoisotopic (exact) mass is 269 g/mol. The van der Waals surface area contributed by atoms with Gasteiger partial charge in [-0.2, -0.15) is 0 Å². The molecule has 0 aromatic heterocycles. The van der Waals surface area contributed by atoms with Crippen molar-refractivity contribution in [2.24, 2.45) is 0 Å². The lowest BCUT2D eigenvalue weighted by atomic mass is 10.2. The van der Waals surface area contributed by atoms with E-state index in [1.54, 1.807) is 24.3 Å². The van der Waals surface area contributed by atoms with E-state index in [1.807, 2.05) is 31.2 Å². The Morgan fingerprint density at radius 1 is 1.20 bits per heavy atom. The van der Waals surface area contributed by atoms with Crippen LogP contribution in [0, 0.1) is 6.92 Å². The van der Waals surface area contributed by atoms with Gasteiger partial charge in [0.15, 0.2) is 12.9 Å². The second-order valence-corrected chi connectivity index (χ2v) is 4.36. The van der Waals surface area contributed by atoms with Crippen LogP contribution in [0.4, 0.5) is 5.69 Å². The molecule has 0 atom stereocenters. The molecule has 2 rings (SSSR count). The fourth-order valence-electron chi connectivity index (χ4n) is 1.77. The standard InChI is InChI=1S/C16H15NO3/c1-12-5-4-7-14(9-12)17-16(19)11-20-15-8-3-2-6-13(15)10-18/h2-10H,11H2,1H3,(H,17,19). The normalized spacial score (nSPS) is 9.85. The van der Waals surface area contributed by atoms with Gasteiger partial charge in [0, 0.05) is 5.69 Å². The number of aryl methyl sites for hydroxylation is 1. The van der Waals surface area contributed by atoms with Crippen molar-refractivity contribution >= 4 is 17.9 Å². The van der Waals surface area contributed by atoms with Gasteiger partial charge in [0.2, 0.25) is 0 Å². The number of nitrogens with one attached hydrogen (secondary N) is 1. The van der Waals surface area contributed by atoms with Gasteiger partial charge in [0.1, 0.15) is 5.75 Å². The third-order valence-electron chi connectivity index (χ3n) is 2.71. The molecule has 0 bridgehead atoms. The molecule has 2 aromatic carbocycles. The highest BCUT2D eigenvalue weighted by atomic mass is 16.5. The van der Waals surface area contributed by atoms with Gasteiger partial charge in [-0.1, -0.05) is 24.3 Å². The average Bonchev–Trinajstić information content (AvgIpc) is 2.45. The predicted molar refractivity (Wildman–Crippen MR) is 77.1 cm³/mol. The molecule has 102 valence electrons. The number of hydrogen-bond donors (Lipinski definition) is 1. The van der Waals surface area contributed by atoms with Gasteiger partial charge >= 0.3 is 0 Å². The smallest absolute Gasteiger partial charge is 0.262 e. The summed E-state index contributed by atoms with van der Waals surface area (Å²) in [5.74, 6) is 0.137. The van der Waals surface area contributed by atoms with E-state index in [9.17, 15) is 9.59 Å². The summed E-state index contributed by atoms with van der Waals surface area (Å²) in [5.41, 5.74) is 2.22. The number of amides is 1. The predicted octanol–water partition coefficient (Wildman–Crippen LogP) is 2.83. The Labute approximate surface area is 117 Å². The van der Waals surface area contributed by atoms with Crippen molar-refractivity contribution in [3.8, 4) is 5.75 Å². The van der Waals surface area contributed by atoms with Crippen LogP contribution in [-0.2, 0) is 4.79 Å². The second-order valence-electron chi connectivity index (χ2n) is 4.36. The van der Waals surface area contributed by atoms with Crippen molar-refractivity contribution in [2.75, 3.05) is 11.9 Å². The minimum absolute atomic E-state index is 0.140. The van der Waals surface area contributed by atoms with E-state index < -0.39 is 0 Å². The number of hydrogen-bond acceptors (Lipinski definition) is 3. The Balaban J connectivity index is 1.94. The van der Waals surface area contributed by atoms with Gasteiger partial charge in [-0.25, -0.2) is 0 Å². The molecule has 4 heteroatoms. The third kappa shape index (κ3) is 3.68. The molecule has 20 heavy (non-hydrogen) atoms. The number of aldehydes is 1. The molecule has 0 fully saturated rings. The molecule has 0 saturated heterocycles. The van der Waals surface area contributed by atoms with Crippen LogP contribution < -0.4 is 10.1 Å². The molecule has 0 aliphatic rings. The molecule has 1 N–H and O–H groups in total. The van der Waals surface area contributed by atoms with Gasteiger partial charge in [0.25, 0.3) is 5.91 Å². The number of anilines is 1. The first kappa shape index (κ1) is 13.8. The maximum Gasteiger partial charge on any atom is 0.262 e. The van der Waals surface area contributed by atoms with Crippen LogP contribution in [0.5, 0.6) is 5.75 Å². The van der Waals surface area contributed by atoms with Crippen molar-refractivity contribution in [2.45, 2.75) is 6.92 Å². The first-order valence-corrected chi connectivity index (χ1v) is 6.22. The van der Waals surface area contributed by atoms with E-state index in [1.165, 1.54) is 0 Å². The van der Waals surface area contributed by atoms with Crippen molar-refractivity contribution in [3.05, 3.63) is 59.7 Å². The van der Waals surface area contributed by atoms with E-state index in [4.69, 9.17) is 4.74 Å². The number of para-hydroxylation sites is 1. The Morgan fingerprint density at radius 2 is 2.00 bits per heavy atom. The van der Waals surface area contributed by atoms with E-state index in [0.717, 1.165) is 11.3 Å². The summed E-state index contributed by atoms with van der Waals surface area (Å²) in [6, 6.07) is 14.3. The number of carbonyl (C=O) groups excluding carboxylic acids is 2. The van der Waals surface area contributed by atoms with Gasteiger partial charge in [0.05, 0.1) is 5.56 Å². The fourth-order valence-corrected chi connectivity index (χ4v) is 1.77. The highest BCUT2D eigenvalue weighted by molar-refractivity contribution is 5.92. The minimum Gasteiger partial charge on any atom is -0.483 e. The quantitative estimate of drug-likeness (QED) is 0.849. The summed E-state index contributed by atoms with van der Waals surface area (Å²) in [7, 11) is 0. The van der Waals surface area contributed by atoms with Gasteiger partial charge in [-0.15, -0.1) is 0 Å². The summed E-state index contributed by atoms with van der Waals surface area (Å²) in [4.78, 5) is 22.6. The van der Waals surface area contributed by atoms with Crippen molar-refractivity contribution in [1.29, 1.82) is 0 Å². The second kappa shape index (κ2) is 6.52. The zero-order chi connectivity index (χ0) is 14.4. The first-order valence-electron chi connectivity index (χ1n) is 6.22. The largest absolute Gasteiger partial charge is 0.483 e. The van der Waals surface area contributed by atoms with Crippen molar-refractivity contribution in [3.63, 3.8) is 0 Å². The maximum absolute atomic E-state index is 11.8. The highest BCUT2D eigenvalue weighted by Gasteiger charge is 2.06. The fraction of sp³-hybridized carbons (Fsp3) is 0.125. The van der Waals surface area contributed by atoms with E-state index in [2.05, 4.69) is 5.32 Å². The zero-order valence-electron chi connectivity index (χ0n) is 11.1. The summed E-state index contributed by atoms with van der Waals surface area (Å²) in [5, 5.41) is 2.74. The topological polar surface area (TPSA) is 55.4 Å². The number of carbonyl (C=O) groups is 2. The molecule has 1 amide bonds. The molecule has 2 aromatic rings. The molecule has 0 radical (unpaired) electrons. The van der Waals surface area contributed by atoms with Gasteiger partial charge in [-0.05, 0) is 36.8 Å². The van der Waals surface area contributed by atoms with Crippen LogP contribution in [0.2, 0.25) is 0 Å². The molecular weight excluding hydrogens is 254 g/mol. The average molecular weight is 269 g/mol. The Bertz CT molecular complexity index is 623. The molecule has 0 unspecified atom stereocenters. The van der Waals surface area contributed by atoms with Crippen LogP contribution in [0.1, 0.15) is 15.9 Å². The van der Waals surface area contributed by atoms with Crippen LogP contribution in [0.15, 0.2) is 48.5 Å². The summed E-state index contributed by atoms with van der Waals surface area (Å²) < 4.78 is 5.35. The third-order valence-corrected chi connectivity index (χ3v) is 2.71. The highest BCUT2D eigenvalue weighted by Crippen LogP contribution is 2.15. The molecule has 0 aliphatic carbocycles. The maximum atomic E-state index is 11.8. The number of benzene rings is 2. The lowest BCUT2D eigenvalue weighted by molar-refractivity contribution is -0.118. The molecular formula is C16H15NO3. The zero-order valence-corrected chi connectivity index (χ0v) is 11.1. The SMILES string of the molecule is Cc1cccc(NC(=O)COc2ccccc2C=O)c1. The number of rotatable bonds is 5. The summed E-state index contributed by atoms with van der Waals surface area (Å²) in [6.07, 6.45) is 0.702. The van der Waals surface area contributed by atoms with Crippen molar-refractivity contribution in [1.82, 2.24) is 0 Å². The lowest BCUT2D eigenvalue weighted by Crippen LogP contribution is -2.20. The molecule has 0 aliphatic heterocycles. The van der Waals surface area contributed by atoms with Gasteiger partial charge < -0.3 is 10.1 Å². The van der Waals surface area contributed by atoms with E-state index >= 15 is 0 Å². The van der Waals surface area contributed by atoms with Crippen LogP contribution in [-0.4, -0.2) is 18.8 Å². The Morgan fingerprint density at radius 3 is 2.75 bits per heavy atom. The molecule has 0 saturated carbocycles. The summed E-state index contributed by atoms with van der Waals surface area (Å²) >= 11 is 0. The Kier molecular flexibility index (Phi) is 4.50. The minimum atomic E-state index is -0.267.